The van der Waals surface area contributed by atoms with Crippen LogP contribution in [0.5, 0.6) is 0 Å². The first-order chi connectivity index (χ1) is 7.61. The summed E-state index contributed by atoms with van der Waals surface area (Å²) in [6, 6.07) is 0.510. The van der Waals surface area contributed by atoms with Crippen molar-refractivity contribution < 1.29 is 0 Å². The van der Waals surface area contributed by atoms with E-state index in [4.69, 9.17) is 0 Å². The minimum Gasteiger partial charge on any atom is -0.352 e. The molecule has 0 radical (unpaired) electrons. The minimum absolute atomic E-state index is 0.510. The van der Waals surface area contributed by atoms with Crippen LogP contribution < -0.4 is 4.90 Å². The molecule has 3 nitrogen and oxygen atoms in total. The third-order valence-electron chi connectivity index (χ3n) is 3.31. The summed E-state index contributed by atoms with van der Waals surface area (Å²) >= 11 is 0. The SMILES string of the molecule is CC(C)c1cnnc2c1CCCN2C(C)C. The van der Waals surface area contributed by atoms with Crippen LogP contribution in [-0.4, -0.2) is 22.8 Å². The average molecular weight is 219 g/mol. The third-order valence-corrected chi connectivity index (χ3v) is 3.31. The molecule has 0 aliphatic carbocycles. The van der Waals surface area contributed by atoms with E-state index in [0.29, 0.717) is 12.0 Å². The highest BCUT2D eigenvalue weighted by Crippen LogP contribution is 2.31. The highest BCUT2D eigenvalue weighted by Gasteiger charge is 2.23. The van der Waals surface area contributed by atoms with Crippen molar-refractivity contribution >= 4 is 5.82 Å². The first-order valence-corrected chi connectivity index (χ1v) is 6.22. The Balaban J connectivity index is 2.46. The van der Waals surface area contributed by atoms with E-state index < -0.39 is 0 Å². The molecule has 16 heavy (non-hydrogen) atoms. The highest BCUT2D eigenvalue weighted by atomic mass is 15.3. The fourth-order valence-corrected chi connectivity index (χ4v) is 2.43. The van der Waals surface area contributed by atoms with Gasteiger partial charge in [0.05, 0.1) is 6.20 Å². The van der Waals surface area contributed by atoms with Gasteiger partial charge in [-0.05, 0) is 38.2 Å². The van der Waals surface area contributed by atoms with E-state index in [1.807, 2.05) is 6.20 Å². The van der Waals surface area contributed by atoms with Crippen molar-refractivity contribution in [2.45, 2.75) is 52.5 Å². The molecule has 0 saturated heterocycles. The van der Waals surface area contributed by atoms with E-state index in [1.165, 1.54) is 17.5 Å². The van der Waals surface area contributed by atoms with Crippen LogP contribution in [0.25, 0.3) is 0 Å². The molecule has 0 atom stereocenters. The van der Waals surface area contributed by atoms with Crippen LogP contribution in [0.2, 0.25) is 0 Å². The number of nitrogens with zero attached hydrogens (tertiary/aromatic N) is 3. The van der Waals surface area contributed by atoms with E-state index in [-0.39, 0.29) is 0 Å². The van der Waals surface area contributed by atoms with E-state index >= 15 is 0 Å². The average Bonchev–Trinajstić information content (AvgIpc) is 2.27. The van der Waals surface area contributed by atoms with E-state index in [1.54, 1.807) is 0 Å². The second kappa shape index (κ2) is 4.40. The van der Waals surface area contributed by atoms with Crippen molar-refractivity contribution in [3.05, 3.63) is 17.3 Å². The molecular formula is C13H21N3. The summed E-state index contributed by atoms with van der Waals surface area (Å²) in [6.07, 6.45) is 4.32. The lowest BCUT2D eigenvalue weighted by Crippen LogP contribution is -2.36. The zero-order valence-electron chi connectivity index (χ0n) is 10.7. The summed E-state index contributed by atoms with van der Waals surface area (Å²) < 4.78 is 0. The Morgan fingerprint density at radius 2 is 2.00 bits per heavy atom. The predicted octanol–water partition coefficient (Wildman–Crippen LogP) is 2.76. The van der Waals surface area contributed by atoms with E-state index in [0.717, 1.165) is 18.8 Å². The maximum atomic E-state index is 4.34. The minimum atomic E-state index is 0.510. The Hall–Kier alpha value is -1.12. The van der Waals surface area contributed by atoms with Gasteiger partial charge in [0.2, 0.25) is 0 Å². The van der Waals surface area contributed by atoms with Gasteiger partial charge in [0.15, 0.2) is 5.82 Å². The van der Waals surface area contributed by atoms with Crippen LogP contribution in [0.15, 0.2) is 6.20 Å². The molecule has 3 heteroatoms. The van der Waals surface area contributed by atoms with Crippen molar-refractivity contribution in [1.82, 2.24) is 10.2 Å². The van der Waals surface area contributed by atoms with Crippen LogP contribution in [0.1, 0.15) is 51.2 Å². The Labute approximate surface area is 97.9 Å². The molecule has 0 fully saturated rings. The summed E-state index contributed by atoms with van der Waals surface area (Å²) in [5.41, 5.74) is 2.79. The van der Waals surface area contributed by atoms with Gasteiger partial charge in [-0.3, -0.25) is 0 Å². The monoisotopic (exact) mass is 219 g/mol. The van der Waals surface area contributed by atoms with Crippen molar-refractivity contribution in [1.29, 1.82) is 0 Å². The van der Waals surface area contributed by atoms with Crippen LogP contribution >= 0.6 is 0 Å². The number of rotatable bonds is 2. The maximum absolute atomic E-state index is 4.34. The molecule has 88 valence electrons. The summed E-state index contributed by atoms with van der Waals surface area (Å²) in [7, 11) is 0. The standard InChI is InChI=1S/C13H21N3/c1-9(2)12-8-14-15-13-11(12)6-5-7-16(13)10(3)4/h8-10H,5-7H2,1-4H3. The molecule has 0 aromatic carbocycles. The molecular weight excluding hydrogens is 198 g/mol. The lowest BCUT2D eigenvalue weighted by Gasteiger charge is -2.34. The third kappa shape index (κ3) is 1.91. The Morgan fingerprint density at radius 1 is 1.25 bits per heavy atom. The van der Waals surface area contributed by atoms with Crippen LogP contribution in [0, 0.1) is 0 Å². The summed E-state index contributed by atoms with van der Waals surface area (Å²) in [5, 5.41) is 8.50. The fourth-order valence-electron chi connectivity index (χ4n) is 2.43. The highest BCUT2D eigenvalue weighted by molar-refractivity contribution is 5.52. The Bertz CT molecular complexity index is 371. The van der Waals surface area contributed by atoms with Gasteiger partial charge in [-0.2, -0.15) is 5.10 Å². The first kappa shape index (κ1) is 11.4. The van der Waals surface area contributed by atoms with Gasteiger partial charge in [-0.1, -0.05) is 13.8 Å². The second-order valence-electron chi connectivity index (χ2n) is 5.15. The molecule has 2 rings (SSSR count). The summed E-state index contributed by atoms with van der Waals surface area (Å²) in [4.78, 5) is 2.37. The molecule has 1 aliphatic rings. The quantitative estimate of drug-likeness (QED) is 0.766. The molecule has 0 bridgehead atoms. The van der Waals surface area contributed by atoms with Crippen molar-refractivity contribution in [3.8, 4) is 0 Å². The van der Waals surface area contributed by atoms with Gasteiger partial charge in [-0.25, -0.2) is 0 Å². The van der Waals surface area contributed by atoms with Crippen molar-refractivity contribution in [2.24, 2.45) is 0 Å². The van der Waals surface area contributed by atoms with E-state index in [9.17, 15) is 0 Å². The molecule has 0 unspecified atom stereocenters. The molecule has 0 spiro atoms. The number of aromatic nitrogens is 2. The van der Waals surface area contributed by atoms with E-state index in [2.05, 4.69) is 42.8 Å². The number of anilines is 1. The second-order valence-corrected chi connectivity index (χ2v) is 5.15. The Morgan fingerprint density at radius 3 is 2.62 bits per heavy atom. The lowest BCUT2D eigenvalue weighted by atomic mass is 9.94. The predicted molar refractivity (Wildman–Crippen MR) is 66.9 cm³/mol. The number of hydrogen-bond donors (Lipinski definition) is 0. The molecule has 1 aromatic rings. The zero-order chi connectivity index (χ0) is 11.7. The molecule has 0 N–H and O–H groups in total. The van der Waals surface area contributed by atoms with Gasteiger partial charge in [0.25, 0.3) is 0 Å². The molecule has 1 aromatic heterocycles. The molecule has 2 heterocycles. The van der Waals surface area contributed by atoms with Gasteiger partial charge in [-0.15, -0.1) is 5.10 Å². The Kier molecular flexibility index (Phi) is 3.13. The van der Waals surface area contributed by atoms with Crippen molar-refractivity contribution in [2.75, 3.05) is 11.4 Å². The number of fused-ring (bicyclic) bond motifs is 1. The van der Waals surface area contributed by atoms with Gasteiger partial charge in [0.1, 0.15) is 0 Å². The normalized spacial score (nSPS) is 15.8. The molecule has 0 saturated carbocycles. The van der Waals surface area contributed by atoms with Crippen LogP contribution in [0.3, 0.4) is 0 Å². The van der Waals surface area contributed by atoms with Crippen LogP contribution in [0.4, 0.5) is 5.82 Å². The smallest absolute Gasteiger partial charge is 0.154 e. The molecule has 0 amide bonds. The van der Waals surface area contributed by atoms with Crippen molar-refractivity contribution in [3.63, 3.8) is 0 Å². The topological polar surface area (TPSA) is 29.0 Å². The zero-order valence-corrected chi connectivity index (χ0v) is 10.7. The molecule has 1 aliphatic heterocycles. The lowest BCUT2D eigenvalue weighted by molar-refractivity contribution is 0.601. The van der Waals surface area contributed by atoms with Crippen LogP contribution in [-0.2, 0) is 6.42 Å². The fraction of sp³-hybridized carbons (Fsp3) is 0.692. The number of hydrogen-bond acceptors (Lipinski definition) is 3. The van der Waals surface area contributed by atoms with Gasteiger partial charge in [0, 0.05) is 18.2 Å². The largest absolute Gasteiger partial charge is 0.352 e. The van der Waals surface area contributed by atoms with Gasteiger partial charge >= 0.3 is 0 Å². The summed E-state index contributed by atoms with van der Waals surface area (Å²) in [6.45, 7) is 10.0. The first-order valence-electron chi connectivity index (χ1n) is 6.22. The van der Waals surface area contributed by atoms with Gasteiger partial charge < -0.3 is 4.90 Å². The summed E-state index contributed by atoms with van der Waals surface area (Å²) in [5.74, 6) is 1.66. The maximum Gasteiger partial charge on any atom is 0.154 e.